The zero-order chi connectivity index (χ0) is 24.6. The molecular weight excluding hydrogens is 461 g/mol. The molecule has 6 rings (SSSR count). The summed E-state index contributed by atoms with van der Waals surface area (Å²) in [4.78, 5) is 19.6. The summed E-state index contributed by atoms with van der Waals surface area (Å²) in [5, 5.41) is 25.4. The normalized spacial score (nSPS) is 19.8. The fraction of sp³-hybridized carbons (Fsp3) is 0.385. The number of aromatic nitrogens is 5. The van der Waals surface area contributed by atoms with Gasteiger partial charge in [0, 0.05) is 37.7 Å². The molecule has 10 heteroatoms. The molecule has 0 radical (unpaired) electrons. The average molecular weight is 490 g/mol. The van der Waals surface area contributed by atoms with Crippen molar-refractivity contribution < 1.29 is 9.50 Å². The highest BCUT2D eigenvalue weighted by Gasteiger charge is 2.36. The number of H-pyrrole nitrogens is 1. The third kappa shape index (κ3) is 4.11. The number of aromatic amines is 1. The van der Waals surface area contributed by atoms with Crippen LogP contribution in [0.3, 0.4) is 0 Å². The van der Waals surface area contributed by atoms with Crippen molar-refractivity contribution in [2.45, 2.75) is 44.4 Å². The third-order valence-corrected chi connectivity index (χ3v) is 7.25. The van der Waals surface area contributed by atoms with Crippen LogP contribution in [0.1, 0.15) is 53.0 Å². The summed E-state index contributed by atoms with van der Waals surface area (Å²) >= 11 is 0. The number of aliphatic hydroxyl groups is 1. The van der Waals surface area contributed by atoms with Gasteiger partial charge in [-0.25, -0.2) is 19.2 Å². The van der Waals surface area contributed by atoms with Crippen LogP contribution in [0.25, 0.3) is 10.8 Å². The van der Waals surface area contributed by atoms with E-state index in [1.807, 2.05) is 0 Å². The lowest BCUT2D eigenvalue weighted by Crippen LogP contribution is -2.36. The standard InChI is InChI=1S/C26H28FN7O2/c27-19-11-18-13-28-23(17-5-3-16(4-6-17)14-33-7-1-8-33)22(25-29-15-30-34(25)9-2-10-35)24-21(18)20(12-19)26(36)32-31-24/h3-6,11-12,15,22-23,28,35H,1-2,7-10,13-14H2,(H,32,36). The number of likely N-dealkylation sites (tertiary alicyclic amines) is 1. The minimum atomic E-state index is -0.460. The van der Waals surface area contributed by atoms with Crippen molar-refractivity contribution in [2.24, 2.45) is 0 Å². The average Bonchev–Trinajstić information content (AvgIpc) is 3.25. The highest BCUT2D eigenvalue weighted by molar-refractivity contribution is 5.88. The quantitative estimate of drug-likeness (QED) is 0.365. The molecule has 4 aromatic rings. The molecule has 2 aromatic carbocycles. The second-order valence-electron chi connectivity index (χ2n) is 9.55. The van der Waals surface area contributed by atoms with Gasteiger partial charge in [0.1, 0.15) is 18.0 Å². The Bertz CT molecular complexity index is 1450. The van der Waals surface area contributed by atoms with Crippen molar-refractivity contribution in [2.75, 3.05) is 19.7 Å². The van der Waals surface area contributed by atoms with Crippen molar-refractivity contribution in [1.82, 2.24) is 35.2 Å². The molecule has 1 saturated heterocycles. The molecule has 0 bridgehead atoms. The zero-order valence-electron chi connectivity index (χ0n) is 19.8. The first kappa shape index (κ1) is 23.0. The Hall–Kier alpha value is -3.47. The fourth-order valence-electron chi connectivity index (χ4n) is 5.35. The molecule has 0 spiro atoms. The lowest BCUT2D eigenvalue weighted by molar-refractivity contribution is 0.172. The molecule has 9 nitrogen and oxygen atoms in total. The van der Waals surface area contributed by atoms with Crippen LogP contribution in [0.15, 0.2) is 47.5 Å². The minimum absolute atomic E-state index is 0.0351. The van der Waals surface area contributed by atoms with Gasteiger partial charge in [0.05, 0.1) is 17.0 Å². The first-order valence-corrected chi connectivity index (χ1v) is 12.4. The Morgan fingerprint density at radius 1 is 1.17 bits per heavy atom. The van der Waals surface area contributed by atoms with Gasteiger partial charge in [-0.1, -0.05) is 24.3 Å². The van der Waals surface area contributed by atoms with Crippen molar-refractivity contribution in [3.63, 3.8) is 0 Å². The predicted molar refractivity (Wildman–Crippen MR) is 132 cm³/mol. The number of aliphatic hydroxyl groups excluding tert-OH is 1. The molecule has 0 saturated carbocycles. The molecule has 0 aliphatic carbocycles. The smallest absolute Gasteiger partial charge is 0.272 e. The summed E-state index contributed by atoms with van der Waals surface area (Å²) in [5.74, 6) is -0.194. The molecule has 4 heterocycles. The van der Waals surface area contributed by atoms with E-state index in [-0.39, 0.29) is 18.0 Å². The number of rotatable bonds is 7. The Balaban J connectivity index is 1.49. The fourth-order valence-corrected chi connectivity index (χ4v) is 5.35. The summed E-state index contributed by atoms with van der Waals surface area (Å²) in [6.07, 6.45) is 3.28. The molecule has 36 heavy (non-hydrogen) atoms. The van der Waals surface area contributed by atoms with Crippen LogP contribution < -0.4 is 10.9 Å². The summed E-state index contributed by atoms with van der Waals surface area (Å²) < 4.78 is 16.3. The van der Waals surface area contributed by atoms with E-state index in [0.29, 0.717) is 42.0 Å². The van der Waals surface area contributed by atoms with Crippen molar-refractivity contribution in [3.05, 3.63) is 87.1 Å². The van der Waals surface area contributed by atoms with E-state index in [2.05, 4.69) is 54.8 Å². The SMILES string of the molecule is O=c1[nH]nc2c3c(cc(F)cc13)CNC(c1ccc(CN3CCC3)cc1)C2c1ncnn1CCCO. The predicted octanol–water partition coefficient (Wildman–Crippen LogP) is 2.22. The van der Waals surface area contributed by atoms with Gasteiger partial charge in [-0.05, 0) is 54.8 Å². The van der Waals surface area contributed by atoms with E-state index in [9.17, 15) is 14.3 Å². The van der Waals surface area contributed by atoms with Gasteiger partial charge in [0.2, 0.25) is 0 Å². The summed E-state index contributed by atoms with van der Waals surface area (Å²) in [6.45, 7) is 4.11. The molecule has 186 valence electrons. The lowest BCUT2D eigenvalue weighted by atomic mass is 9.87. The highest BCUT2D eigenvalue weighted by atomic mass is 19.1. The number of aryl methyl sites for hydroxylation is 1. The van der Waals surface area contributed by atoms with Gasteiger partial charge in [0.25, 0.3) is 5.56 Å². The maximum Gasteiger partial charge on any atom is 0.272 e. The topological polar surface area (TPSA) is 112 Å². The molecular formula is C26H28FN7O2. The number of hydrogen-bond acceptors (Lipinski definition) is 7. The monoisotopic (exact) mass is 489 g/mol. The maximum atomic E-state index is 14.5. The number of benzene rings is 2. The van der Waals surface area contributed by atoms with E-state index < -0.39 is 17.3 Å². The van der Waals surface area contributed by atoms with Crippen LogP contribution in [0.5, 0.6) is 0 Å². The first-order valence-electron chi connectivity index (χ1n) is 12.4. The molecule has 3 N–H and O–H groups in total. The second kappa shape index (κ2) is 9.53. The molecule has 2 aliphatic rings. The number of halogens is 1. The van der Waals surface area contributed by atoms with Crippen molar-refractivity contribution >= 4 is 10.8 Å². The number of nitrogens with one attached hydrogen (secondary N) is 2. The van der Waals surface area contributed by atoms with Gasteiger partial charge >= 0.3 is 0 Å². The molecule has 2 aliphatic heterocycles. The largest absolute Gasteiger partial charge is 0.396 e. The van der Waals surface area contributed by atoms with Crippen molar-refractivity contribution in [1.29, 1.82) is 0 Å². The minimum Gasteiger partial charge on any atom is -0.396 e. The van der Waals surface area contributed by atoms with Gasteiger partial charge in [0.15, 0.2) is 0 Å². The van der Waals surface area contributed by atoms with Crippen LogP contribution in [0, 0.1) is 5.82 Å². The van der Waals surface area contributed by atoms with Gasteiger partial charge < -0.3 is 10.4 Å². The maximum absolute atomic E-state index is 14.5. The van der Waals surface area contributed by atoms with Crippen LogP contribution in [0.2, 0.25) is 0 Å². The molecule has 1 fully saturated rings. The Labute approximate surface area is 207 Å². The van der Waals surface area contributed by atoms with E-state index in [1.165, 1.54) is 30.4 Å². The Morgan fingerprint density at radius 3 is 2.75 bits per heavy atom. The third-order valence-electron chi connectivity index (χ3n) is 7.25. The van der Waals surface area contributed by atoms with Crippen LogP contribution in [-0.4, -0.2) is 54.7 Å². The second-order valence-corrected chi connectivity index (χ2v) is 9.55. The van der Waals surface area contributed by atoms with E-state index in [0.717, 1.165) is 25.2 Å². The number of hydrogen-bond donors (Lipinski definition) is 3. The Kier molecular flexibility index (Phi) is 6.08. The van der Waals surface area contributed by atoms with Crippen LogP contribution >= 0.6 is 0 Å². The molecule has 2 atom stereocenters. The number of nitrogens with zero attached hydrogens (tertiary/aromatic N) is 5. The van der Waals surface area contributed by atoms with Gasteiger partial charge in [-0.3, -0.25) is 9.69 Å². The van der Waals surface area contributed by atoms with E-state index in [4.69, 9.17) is 0 Å². The highest BCUT2D eigenvalue weighted by Crippen LogP contribution is 2.41. The molecule has 0 amide bonds. The van der Waals surface area contributed by atoms with Crippen LogP contribution in [-0.2, 0) is 19.6 Å². The Morgan fingerprint density at radius 2 is 2.00 bits per heavy atom. The summed E-state index contributed by atoms with van der Waals surface area (Å²) in [6, 6.07) is 11.0. The van der Waals surface area contributed by atoms with Gasteiger partial charge in [-0.2, -0.15) is 10.2 Å². The van der Waals surface area contributed by atoms with Gasteiger partial charge in [-0.15, -0.1) is 0 Å². The van der Waals surface area contributed by atoms with Crippen molar-refractivity contribution in [3.8, 4) is 0 Å². The zero-order valence-corrected chi connectivity index (χ0v) is 19.8. The summed E-state index contributed by atoms with van der Waals surface area (Å²) in [7, 11) is 0. The molecule has 2 unspecified atom stereocenters. The summed E-state index contributed by atoms with van der Waals surface area (Å²) in [5.41, 5.74) is 3.17. The van der Waals surface area contributed by atoms with E-state index in [1.54, 1.807) is 4.68 Å². The lowest BCUT2D eigenvalue weighted by Gasteiger charge is -2.31. The van der Waals surface area contributed by atoms with Crippen LogP contribution in [0.4, 0.5) is 4.39 Å². The molecule has 2 aromatic heterocycles. The first-order chi connectivity index (χ1) is 17.6. The van der Waals surface area contributed by atoms with E-state index >= 15 is 0 Å².